The van der Waals surface area contributed by atoms with Crippen LogP contribution < -0.4 is 5.73 Å². The van der Waals surface area contributed by atoms with Gasteiger partial charge in [0.25, 0.3) is 0 Å². The number of rotatable bonds is 1. The Hall–Kier alpha value is -1.97. The van der Waals surface area contributed by atoms with Crippen molar-refractivity contribution in [3.63, 3.8) is 0 Å². The summed E-state index contributed by atoms with van der Waals surface area (Å²) >= 11 is 0. The SMILES string of the molecule is Nc1cc(F)cc(-c2cncc(F)c2)c1. The lowest BCUT2D eigenvalue weighted by Crippen LogP contribution is -1.89. The first-order chi connectivity index (χ1) is 7.15. The molecule has 15 heavy (non-hydrogen) atoms. The molecule has 0 fully saturated rings. The number of nitrogens with zero attached hydrogens (tertiary/aromatic N) is 1. The van der Waals surface area contributed by atoms with Crippen LogP contribution in [0.1, 0.15) is 0 Å². The van der Waals surface area contributed by atoms with Gasteiger partial charge in [0.1, 0.15) is 11.6 Å². The summed E-state index contributed by atoms with van der Waals surface area (Å²) in [5, 5.41) is 0. The van der Waals surface area contributed by atoms with Crippen molar-refractivity contribution in [2.45, 2.75) is 0 Å². The van der Waals surface area contributed by atoms with Gasteiger partial charge in [-0.25, -0.2) is 8.78 Å². The maximum absolute atomic E-state index is 13.0. The number of halogens is 2. The van der Waals surface area contributed by atoms with Gasteiger partial charge < -0.3 is 5.73 Å². The van der Waals surface area contributed by atoms with E-state index in [0.29, 0.717) is 16.8 Å². The summed E-state index contributed by atoms with van der Waals surface area (Å²) in [4.78, 5) is 3.68. The van der Waals surface area contributed by atoms with E-state index in [1.54, 1.807) is 6.07 Å². The molecule has 2 N–H and O–H groups in total. The molecule has 0 unspecified atom stereocenters. The first-order valence-corrected chi connectivity index (χ1v) is 4.32. The second-order valence-electron chi connectivity index (χ2n) is 3.17. The topological polar surface area (TPSA) is 38.9 Å². The van der Waals surface area contributed by atoms with E-state index in [-0.39, 0.29) is 0 Å². The highest BCUT2D eigenvalue weighted by Gasteiger charge is 2.03. The van der Waals surface area contributed by atoms with Crippen molar-refractivity contribution in [2.75, 3.05) is 5.73 Å². The molecule has 0 spiro atoms. The molecule has 76 valence electrons. The Morgan fingerprint density at radius 2 is 1.60 bits per heavy atom. The molecule has 2 rings (SSSR count). The molecule has 1 aromatic heterocycles. The zero-order valence-electron chi connectivity index (χ0n) is 7.74. The van der Waals surface area contributed by atoms with Crippen molar-refractivity contribution in [3.8, 4) is 11.1 Å². The van der Waals surface area contributed by atoms with Crippen molar-refractivity contribution >= 4 is 5.69 Å². The van der Waals surface area contributed by atoms with Gasteiger partial charge in [-0.3, -0.25) is 4.98 Å². The standard InChI is InChI=1S/C11H8F2N2/c12-9-1-7(3-11(14)4-9)8-2-10(13)6-15-5-8/h1-6H,14H2. The van der Waals surface area contributed by atoms with E-state index in [9.17, 15) is 8.78 Å². The normalized spacial score (nSPS) is 10.3. The molecular weight excluding hydrogens is 198 g/mol. The van der Waals surface area contributed by atoms with Crippen molar-refractivity contribution < 1.29 is 8.78 Å². The minimum absolute atomic E-state index is 0.300. The van der Waals surface area contributed by atoms with Crippen LogP contribution in [0, 0.1) is 11.6 Å². The summed E-state index contributed by atoms with van der Waals surface area (Å²) in [5.74, 6) is -0.912. The van der Waals surface area contributed by atoms with E-state index in [2.05, 4.69) is 4.98 Å². The minimum Gasteiger partial charge on any atom is -0.399 e. The first kappa shape index (κ1) is 9.58. The highest BCUT2D eigenvalue weighted by atomic mass is 19.1. The maximum Gasteiger partial charge on any atom is 0.142 e. The van der Waals surface area contributed by atoms with E-state index in [0.717, 1.165) is 6.20 Å². The zero-order valence-corrected chi connectivity index (χ0v) is 7.74. The Bertz CT molecular complexity index is 477. The molecule has 0 amide bonds. The van der Waals surface area contributed by atoms with E-state index >= 15 is 0 Å². The highest BCUT2D eigenvalue weighted by Crippen LogP contribution is 2.22. The molecule has 0 saturated carbocycles. The monoisotopic (exact) mass is 206 g/mol. The van der Waals surface area contributed by atoms with Gasteiger partial charge in [-0.2, -0.15) is 0 Å². The number of hydrogen-bond acceptors (Lipinski definition) is 2. The number of anilines is 1. The molecule has 0 aliphatic heterocycles. The molecule has 0 atom stereocenters. The lowest BCUT2D eigenvalue weighted by atomic mass is 10.1. The van der Waals surface area contributed by atoms with Gasteiger partial charge in [0.2, 0.25) is 0 Å². The van der Waals surface area contributed by atoms with E-state index < -0.39 is 11.6 Å². The van der Waals surface area contributed by atoms with Crippen LogP contribution in [0.5, 0.6) is 0 Å². The minimum atomic E-state index is -0.463. The Balaban J connectivity index is 2.54. The Kier molecular flexibility index (Phi) is 2.33. The fourth-order valence-electron chi connectivity index (χ4n) is 1.35. The third-order valence-corrected chi connectivity index (χ3v) is 1.96. The molecule has 4 heteroatoms. The largest absolute Gasteiger partial charge is 0.399 e. The summed E-state index contributed by atoms with van der Waals surface area (Å²) < 4.78 is 25.9. The number of nitrogen functional groups attached to an aromatic ring is 1. The fourth-order valence-corrected chi connectivity index (χ4v) is 1.35. The van der Waals surface area contributed by atoms with Crippen molar-refractivity contribution in [2.24, 2.45) is 0 Å². The van der Waals surface area contributed by atoms with Crippen LogP contribution in [0.25, 0.3) is 11.1 Å². The summed E-state index contributed by atoms with van der Waals surface area (Å²) in [6.45, 7) is 0. The second-order valence-corrected chi connectivity index (χ2v) is 3.17. The van der Waals surface area contributed by atoms with E-state index in [4.69, 9.17) is 5.73 Å². The summed E-state index contributed by atoms with van der Waals surface area (Å²) in [6.07, 6.45) is 2.55. The summed E-state index contributed by atoms with van der Waals surface area (Å²) in [6, 6.07) is 5.34. The third-order valence-electron chi connectivity index (χ3n) is 1.96. The lowest BCUT2D eigenvalue weighted by molar-refractivity contribution is 0.621. The van der Waals surface area contributed by atoms with Crippen molar-refractivity contribution in [3.05, 3.63) is 48.3 Å². The molecule has 2 aromatic rings. The Labute approximate surface area is 85.4 Å². The highest BCUT2D eigenvalue weighted by molar-refractivity contribution is 5.66. The predicted molar refractivity (Wildman–Crippen MR) is 54.0 cm³/mol. The van der Waals surface area contributed by atoms with Gasteiger partial charge in [-0.05, 0) is 29.8 Å². The van der Waals surface area contributed by atoms with Crippen LogP contribution in [-0.4, -0.2) is 4.98 Å². The first-order valence-electron chi connectivity index (χ1n) is 4.32. The maximum atomic E-state index is 13.0. The number of nitrogens with two attached hydrogens (primary N) is 1. The van der Waals surface area contributed by atoms with Crippen LogP contribution in [0.15, 0.2) is 36.7 Å². The number of aromatic nitrogens is 1. The molecular formula is C11H8F2N2. The van der Waals surface area contributed by atoms with Crippen LogP contribution in [0.4, 0.5) is 14.5 Å². The van der Waals surface area contributed by atoms with E-state index in [1.165, 1.54) is 24.4 Å². The summed E-state index contributed by atoms with van der Waals surface area (Å²) in [7, 11) is 0. The number of hydrogen-bond donors (Lipinski definition) is 1. The van der Waals surface area contributed by atoms with Crippen LogP contribution in [0.3, 0.4) is 0 Å². The number of benzene rings is 1. The fraction of sp³-hybridized carbons (Fsp3) is 0. The van der Waals surface area contributed by atoms with Gasteiger partial charge in [0, 0.05) is 17.4 Å². The Morgan fingerprint density at radius 3 is 2.27 bits per heavy atom. The van der Waals surface area contributed by atoms with Gasteiger partial charge in [-0.15, -0.1) is 0 Å². The second kappa shape index (κ2) is 3.65. The van der Waals surface area contributed by atoms with Crippen LogP contribution in [0.2, 0.25) is 0 Å². The van der Waals surface area contributed by atoms with E-state index in [1.807, 2.05) is 0 Å². The zero-order chi connectivity index (χ0) is 10.8. The van der Waals surface area contributed by atoms with Crippen LogP contribution in [-0.2, 0) is 0 Å². The predicted octanol–water partition coefficient (Wildman–Crippen LogP) is 2.61. The molecule has 1 aromatic carbocycles. The van der Waals surface area contributed by atoms with Gasteiger partial charge >= 0.3 is 0 Å². The average molecular weight is 206 g/mol. The molecule has 0 saturated heterocycles. The van der Waals surface area contributed by atoms with Gasteiger partial charge in [-0.1, -0.05) is 0 Å². The number of pyridine rings is 1. The Morgan fingerprint density at radius 1 is 0.867 bits per heavy atom. The van der Waals surface area contributed by atoms with Gasteiger partial charge in [0.15, 0.2) is 0 Å². The van der Waals surface area contributed by atoms with Crippen LogP contribution >= 0.6 is 0 Å². The summed E-state index contributed by atoms with van der Waals surface area (Å²) in [5.41, 5.74) is 6.80. The lowest BCUT2D eigenvalue weighted by Gasteiger charge is -2.03. The molecule has 0 aliphatic carbocycles. The molecule has 0 bridgehead atoms. The quantitative estimate of drug-likeness (QED) is 0.728. The average Bonchev–Trinajstić information content (AvgIpc) is 2.16. The molecule has 0 aliphatic rings. The molecule has 2 nitrogen and oxygen atoms in total. The van der Waals surface area contributed by atoms with Crippen molar-refractivity contribution in [1.29, 1.82) is 0 Å². The smallest absolute Gasteiger partial charge is 0.142 e. The molecule has 1 heterocycles. The third kappa shape index (κ3) is 2.10. The van der Waals surface area contributed by atoms with Crippen molar-refractivity contribution in [1.82, 2.24) is 4.98 Å². The molecule has 0 radical (unpaired) electrons. The van der Waals surface area contributed by atoms with Gasteiger partial charge in [0.05, 0.1) is 6.20 Å².